The maximum Gasteiger partial charge on any atom is 0.354 e. The molecule has 0 bridgehead atoms. The van der Waals surface area contributed by atoms with Crippen LogP contribution < -0.4 is 4.90 Å². The number of pyridine rings is 1. The third kappa shape index (κ3) is 3.79. The van der Waals surface area contributed by atoms with Crippen molar-refractivity contribution in [2.45, 2.75) is 18.9 Å². The Bertz CT molecular complexity index is 756. The van der Waals surface area contributed by atoms with Crippen molar-refractivity contribution in [1.82, 2.24) is 9.88 Å². The molecule has 1 saturated heterocycles. The molecular formula is C19H21N3O3. The molecule has 0 saturated carbocycles. The lowest BCUT2D eigenvalue weighted by atomic mass is 10.0. The van der Waals surface area contributed by atoms with Crippen LogP contribution in [0, 0.1) is 0 Å². The fraction of sp³-hybridized carbons (Fsp3) is 0.316. The van der Waals surface area contributed by atoms with Crippen molar-refractivity contribution in [3.63, 3.8) is 0 Å². The van der Waals surface area contributed by atoms with Crippen molar-refractivity contribution < 1.29 is 14.7 Å². The van der Waals surface area contributed by atoms with Crippen molar-refractivity contribution in [3.05, 3.63) is 59.9 Å². The second-order valence-electron chi connectivity index (χ2n) is 6.20. The third-order valence-corrected chi connectivity index (χ3v) is 4.69. The van der Waals surface area contributed by atoms with E-state index in [-0.39, 0.29) is 11.6 Å². The van der Waals surface area contributed by atoms with Gasteiger partial charge >= 0.3 is 5.97 Å². The number of para-hydroxylation sites is 1. The first-order valence-corrected chi connectivity index (χ1v) is 8.33. The summed E-state index contributed by atoms with van der Waals surface area (Å²) < 4.78 is 0. The summed E-state index contributed by atoms with van der Waals surface area (Å²) in [5.41, 5.74) is 1.44. The number of hydrogen-bond donors (Lipinski definition) is 1. The molecule has 1 N–H and O–H groups in total. The summed E-state index contributed by atoms with van der Waals surface area (Å²) in [6, 6.07) is 13.5. The summed E-state index contributed by atoms with van der Waals surface area (Å²) in [5.74, 6) is -1.26. The summed E-state index contributed by atoms with van der Waals surface area (Å²) in [7, 11) is 2.08. The Kier molecular flexibility index (Phi) is 4.97. The number of hydrogen-bond acceptors (Lipinski definition) is 4. The molecule has 1 fully saturated rings. The molecule has 2 aromatic rings. The number of aromatic nitrogens is 1. The van der Waals surface area contributed by atoms with E-state index in [4.69, 9.17) is 5.11 Å². The lowest BCUT2D eigenvalue weighted by Crippen LogP contribution is -2.45. The van der Waals surface area contributed by atoms with Gasteiger partial charge in [-0.3, -0.25) is 4.79 Å². The highest BCUT2D eigenvalue weighted by Gasteiger charge is 2.26. The van der Waals surface area contributed by atoms with Gasteiger partial charge in [-0.15, -0.1) is 0 Å². The van der Waals surface area contributed by atoms with Crippen molar-refractivity contribution in [3.8, 4) is 0 Å². The van der Waals surface area contributed by atoms with Crippen molar-refractivity contribution in [2.75, 3.05) is 25.0 Å². The summed E-state index contributed by atoms with van der Waals surface area (Å²) >= 11 is 0. The molecule has 0 atom stereocenters. The van der Waals surface area contributed by atoms with Gasteiger partial charge in [-0.05, 0) is 37.1 Å². The van der Waals surface area contributed by atoms with Gasteiger partial charge in [0.25, 0.3) is 5.91 Å². The Morgan fingerprint density at radius 3 is 2.48 bits per heavy atom. The number of carbonyl (C=O) groups excluding carboxylic acids is 1. The zero-order valence-corrected chi connectivity index (χ0v) is 14.1. The van der Waals surface area contributed by atoms with Gasteiger partial charge in [-0.2, -0.15) is 0 Å². The van der Waals surface area contributed by atoms with Crippen LogP contribution in [-0.4, -0.2) is 53.0 Å². The lowest BCUT2D eigenvalue weighted by Gasteiger charge is -2.38. The van der Waals surface area contributed by atoms with Crippen molar-refractivity contribution in [1.29, 1.82) is 0 Å². The van der Waals surface area contributed by atoms with Crippen molar-refractivity contribution in [2.24, 2.45) is 0 Å². The van der Waals surface area contributed by atoms with Gasteiger partial charge in [0.05, 0.1) is 0 Å². The maximum absolute atomic E-state index is 12.6. The van der Waals surface area contributed by atoms with Crippen LogP contribution in [0.5, 0.6) is 0 Å². The molecule has 1 aliphatic rings. The van der Waals surface area contributed by atoms with Crippen LogP contribution >= 0.6 is 0 Å². The monoisotopic (exact) mass is 339 g/mol. The molecule has 130 valence electrons. The van der Waals surface area contributed by atoms with Crippen molar-refractivity contribution >= 4 is 17.6 Å². The van der Waals surface area contributed by atoms with Gasteiger partial charge in [0.15, 0.2) is 0 Å². The Hall–Kier alpha value is -2.89. The van der Waals surface area contributed by atoms with E-state index in [0.717, 1.165) is 12.8 Å². The van der Waals surface area contributed by atoms with E-state index in [1.807, 2.05) is 18.2 Å². The highest BCUT2D eigenvalue weighted by Crippen LogP contribution is 2.22. The van der Waals surface area contributed by atoms with Crippen LogP contribution in [0.25, 0.3) is 0 Å². The maximum atomic E-state index is 12.6. The number of piperidine rings is 1. The molecule has 0 unspecified atom stereocenters. The zero-order valence-electron chi connectivity index (χ0n) is 14.1. The highest BCUT2D eigenvalue weighted by molar-refractivity contribution is 5.96. The molecule has 0 radical (unpaired) electrons. The minimum Gasteiger partial charge on any atom is -0.477 e. The number of carbonyl (C=O) groups is 2. The SMILES string of the molecule is CN(c1ccccc1)C1CCN(C(=O)c2ccnc(C(=O)O)c2)CC1. The van der Waals surface area contributed by atoms with Gasteiger partial charge in [-0.1, -0.05) is 18.2 Å². The van der Waals surface area contributed by atoms with Crippen LogP contribution in [0.3, 0.4) is 0 Å². The summed E-state index contributed by atoms with van der Waals surface area (Å²) in [4.78, 5) is 31.4. The summed E-state index contributed by atoms with van der Waals surface area (Å²) in [5, 5.41) is 9.01. The quantitative estimate of drug-likeness (QED) is 0.926. The van der Waals surface area contributed by atoms with Gasteiger partial charge < -0.3 is 14.9 Å². The Labute approximate surface area is 146 Å². The first-order valence-electron chi connectivity index (χ1n) is 8.33. The fourth-order valence-corrected chi connectivity index (χ4v) is 3.19. The van der Waals surface area contributed by atoms with E-state index in [0.29, 0.717) is 24.7 Å². The standard InChI is InChI=1S/C19H21N3O3/c1-21(15-5-3-2-4-6-15)16-8-11-22(12-9-16)18(23)14-7-10-20-17(13-14)19(24)25/h2-7,10,13,16H,8-9,11-12H2,1H3,(H,24,25). The molecule has 1 aromatic heterocycles. The number of likely N-dealkylation sites (tertiary alicyclic amines) is 1. The highest BCUT2D eigenvalue weighted by atomic mass is 16.4. The van der Waals surface area contributed by atoms with E-state index < -0.39 is 5.97 Å². The molecule has 1 aliphatic heterocycles. The van der Waals surface area contributed by atoms with E-state index in [1.54, 1.807) is 11.0 Å². The lowest BCUT2D eigenvalue weighted by molar-refractivity contribution is 0.0690. The third-order valence-electron chi connectivity index (χ3n) is 4.69. The predicted octanol–water partition coefficient (Wildman–Crippen LogP) is 2.52. The largest absolute Gasteiger partial charge is 0.477 e. The Morgan fingerprint density at radius 2 is 1.84 bits per heavy atom. The molecule has 6 nitrogen and oxygen atoms in total. The summed E-state index contributed by atoms with van der Waals surface area (Å²) in [6.45, 7) is 1.32. The van der Waals surface area contributed by atoms with Gasteiger partial charge in [-0.25, -0.2) is 9.78 Å². The Morgan fingerprint density at radius 1 is 1.16 bits per heavy atom. The fourth-order valence-electron chi connectivity index (χ4n) is 3.19. The number of carboxylic acid groups (broad SMARTS) is 1. The van der Waals surface area contributed by atoms with E-state index in [2.05, 4.69) is 29.1 Å². The zero-order chi connectivity index (χ0) is 17.8. The number of benzene rings is 1. The smallest absolute Gasteiger partial charge is 0.354 e. The number of amides is 1. The number of aromatic carboxylic acids is 1. The van der Waals surface area contributed by atoms with Crippen LogP contribution in [0.15, 0.2) is 48.7 Å². The van der Waals surface area contributed by atoms with Gasteiger partial charge in [0, 0.05) is 43.6 Å². The predicted molar refractivity (Wildman–Crippen MR) is 95.0 cm³/mol. The average Bonchev–Trinajstić information content (AvgIpc) is 2.67. The molecule has 1 aromatic carbocycles. The molecule has 1 amide bonds. The van der Waals surface area contributed by atoms with Gasteiger partial charge in [0.2, 0.25) is 0 Å². The van der Waals surface area contributed by atoms with E-state index in [9.17, 15) is 9.59 Å². The minimum atomic E-state index is -1.13. The molecule has 6 heteroatoms. The number of anilines is 1. The second-order valence-corrected chi connectivity index (χ2v) is 6.20. The van der Waals surface area contributed by atoms with Crippen LogP contribution in [0.2, 0.25) is 0 Å². The van der Waals surface area contributed by atoms with E-state index in [1.165, 1.54) is 18.0 Å². The summed E-state index contributed by atoms with van der Waals surface area (Å²) in [6.07, 6.45) is 3.13. The molecule has 0 spiro atoms. The van der Waals surface area contributed by atoms with Crippen LogP contribution in [-0.2, 0) is 0 Å². The first-order chi connectivity index (χ1) is 12.1. The topological polar surface area (TPSA) is 73.7 Å². The Balaban J connectivity index is 1.63. The minimum absolute atomic E-state index is 0.107. The molecule has 25 heavy (non-hydrogen) atoms. The molecule has 2 heterocycles. The first kappa shape index (κ1) is 17.0. The molecular weight excluding hydrogens is 318 g/mol. The van der Waals surface area contributed by atoms with Crippen LogP contribution in [0.1, 0.15) is 33.7 Å². The van der Waals surface area contributed by atoms with Gasteiger partial charge in [0.1, 0.15) is 5.69 Å². The second kappa shape index (κ2) is 7.34. The van der Waals surface area contributed by atoms with E-state index >= 15 is 0 Å². The average molecular weight is 339 g/mol. The number of carboxylic acids is 1. The number of rotatable bonds is 4. The normalized spacial score (nSPS) is 15.0. The number of nitrogens with zero attached hydrogens (tertiary/aromatic N) is 3. The molecule has 3 rings (SSSR count). The molecule has 0 aliphatic carbocycles. The van der Waals surface area contributed by atoms with Crippen LogP contribution in [0.4, 0.5) is 5.69 Å².